The molecule has 1 amide bonds. The molecule has 1 aromatic heterocycles. The van der Waals surface area contributed by atoms with Gasteiger partial charge in [-0.2, -0.15) is 0 Å². The fourth-order valence-electron chi connectivity index (χ4n) is 1.55. The summed E-state index contributed by atoms with van der Waals surface area (Å²) in [5.74, 6) is -1.69. The van der Waals surface area contributed by atoms with Gasteiger partial charge in [-0.05, 0) is 24.2 Å². The molecule has 0 aliphatic rings. The molecule has 0 radical (unpaired) electrons. The average molecular weight is 292 g/mol. The molecule has 0 bridgehead atoms. The highest BCUT2D eigenvalue weighted by Crippen LogP contribution is 2.27. The van der Waals surface area contributed by atoms with E-state index in [1.54, 1.807) is 6.92 Å². The van der Waals surface area contributed by atoms with E-state index in [-0.39, 0.29) is 23.7 Å². The summed E-state index contributed by atoms with van der Waals surface area (Å²) in [5.41, 5.74) is -0.319. The summed E-state index contributed by atoms with van der Waals surface area (Å²) in [6, 6.07) is 5.51. The Bertz CT molecular complexity index is 679. The van der Waals surface area contributed by atoms with Crippen molar-refractivity contribution < 1.29 is 29.1 Å². The summed E-state index contributed by atoms with van der Waals surface area (Å²) >= 11 is 0. The fourth-order valence-corrected chi connectivity index (χ4v) is 1.55. The number of carboxylic acids is 1. The number of para-hydroxylation sites is 1. The monoisotopic (exact) mass is 292 g/mol. The number of ether oxygens (including phenoxy) is 1. The predicted molar refractivity (Wildman–Crippen MR) is 70.4 cm³/mol. The second-order valence-corrected chi connectivity index (χ2v) is 4.12. The number of carbonyl (C=O) groups is 2. The van der Waals surface area contributed by atoms with Crippen LogP contribution in [0.1, 0.15) is 16.1 Å². The van der Waals surface area contributed by atoms with Crippen LogP contribution in [0.15, 0.2) is 28.8 Å². The Morgan fingerprint density at radius 2 is 2.19 bits per heavy atom. The maximum absolute atomic E-state index is 11.7. The van der Waals surface area contributed by atoms with Crippen LogP contribution in [0.3, 0.4) is 0 Å². The van der Waals surface area contributed by atoms with Crippen LogP contribution in [0, 0.1) is 6.92 Å². The molecule has 0 atom stereocenters. The zero-order valence-electron chi connectivity index (χ0n) is 11.0. The van der Waals surface area contributed by atoms with Crippen LogP contribution in [-0.4, -0.2) is 33.9 Å². The highest BCUT2D eigenvalue weighted by Gasteiger charge is 2.15. The molecule has 2 rings (SSSR count). The summed E-state index contributed by atoms with van der Waals surface area (Å²) in [6.45, 7) is 1.32. The van der Waals surface area contributed by atoms with Gasteiger partial charge in [-0.3, -0.25) is 4.79 Å². The first-order valence-corrected chi connectivity index (χ1v) is 5.88. The summed E-state index contributed by atoms with van der Waals surface area (Å²) in [4.78, 5) is 22.5. The van der Waals surface area contributed by atoms with Crippen LogP contribution in [0.5, 0.6) is 11.6 Å². The van der Waals surface area contributed by atoms with Gasteiger partial charge in [0.25, 0.3) is 11.8 Å². The van der Waals surface area contributed by atoms with Crippen LogP contribution in [0.4, 0.5) is 5.69 Å². The largest absolute Gasteiger partial charge is 0.505 e. The third kappa shape index (κ3) is 3.50. The van der Waals surface area contributed by atoms with Gasteiger partial charge in [0.15, 0.2) is 12.4 Å². The Morgan fingerprint density at radius 3 is 2.81 bits per heavy atom. The number of nitrogens with one attached hydrogen (secondary N) is 1. The molecule has 1 aromatic carbocycles. The molecule has 0 aliphatic heterocycles. The molecule has 0 spiro atoms. The number of aryl methyl sites for hydroxylation is 1. The van der Waals surface area contributed by atoms with Crippen LogP contribution in [0.2, 0.25) is 0 Å². The van der Waals surface area contributed by atoms with Gasteiger partial charge in [0, 0.05) is 6.07 Å². The molecule has 1 heterocycles. The molecule has 0 saturated carbocycles. The van der Waals surface area contributed by atoms with Crippen molar-refractivity contribution in [2.24, 2.45) is 0 Å². The SMILES string of the molecule is Cc1cc(OCC(=O)Nc2cccc(C(=O)O)c2O)no1. The lowest BCUT2D eigenvalue weighted by molar-refractivity contribution is -0.118. The highest BCUT2D eigenvalue weighted by molar-refractivity contribution is 5.98. The Hall–Kier alpha value is -3.03. The summed E-state index contributed by atoms with van der Waals surface area (Å²) in [6.07, 6.45) is 0. The van der Waals surface area contributed by atoms with E-state index >= 15 is 0 Å². The number of benzene rings is 1. The molecular weight excluding hydrogens is 280 g/mol. The molecular formula is C13H12N2O6. The molecule has 21 heavy (non-hydrogen) atoms. The topological polar surface area (TPSA) is 122 Å². The van der Waals surface area contributed by atoms with Crippen molar-refractivity contribution in [2.75, 3.05) is 11.9 Å². The molecule has 2 aromatic rings. The van der Waals surface area contributed by atoms with Crippen LogP contribution in [0.25, 0.3) is 0 Å². The smallest absolute Gasteiger partial charge is 0.339 e. The third-order valence-electron chi connectivity index (χ3n) is 2.50. The van der Waals surface area contributed by atoms with Gasteiger partial charge in [-0.1, -0.05) is 6.07 Å². The van der Waals surface area contributed by atoms with Gasteiger partial charge in [0.2, 0.25) is 0 Å². The van der Waals surface area contributed by atoms with Gasteiger partial charge in [-0.25, -0.2) is 4.79 Å². The molecule has 0 unspecified atom stereocenters. The molecule has 8 heteroatoms. The van der Waals surface area contributed by atoms with Gasteiger partial charge in [0.1, 0.15) is 11.3 Å². The number of carboxylic acid groups (broad SMARTS) is 1. The van der Waals surface area contributed by atoms with E-state index in [0.717, 1.165) is 0 Å². The molecule has 0 fully saturated rings. The number of aromatic carboxylic acids is 1. The van der Waals surface area contributed by atoms with E-state index in [2.05, 4.69) is 10.5 Å². The fraction of sp³-hybridized carbons (Fsp3) is 0.154. The van der Waals surface area contributed by atoms with Gasteiger partial charge >= 0.3 is 5.97 Å². The van der Waals surface area contributed by atoms with Crippen LogP contribution >= 0.6 is 0 Å². The van der Waals surface area contributed by atoms with Gasteiger partial charge in [0.05, 0.1) is 5.69 Å². The highest BCUT2D eigenvalue weighted by atomic mass is 16.5. The first kappa shape index (κ1) is 14.4. The third-order valence-corrected chi connectivity index (χ3v) is 2.50. The average Bonchev–Trinajstić information content (AvgIpc) is 2.84. The van der Waals surface area contributed by atoms with Gasteiger partial charge < -0.3 is 24.8 Å². The minimum atomic E-state index is -1.29. The number of anilines is 1. The summed E-state index contributed by atoms with van der Waals surface area (Å²) in [5, 5.41) is 24.5. The Morgan fingerprint density at radius 1 is 1.43 bits per heavy atom. The number of aromatic hydroxyl groups is 1. The standard InChI is InChI=1S/C13H12N2O6/c1-7-5-11(15-21-7)20-6-10(16)14-9-4-2-3-8(12(9)17)13(18)19/h2-5,17H,6H2,1H3,(H,14,16)(H,18,19). The minimum absolute atomic E-state index is 0.0140. The van der Waals surface area contributed by atoms with Gasteiger partial charge in [-0.15, -0.1) is 0 Å². The summed E-state index contributed by atoms with van der Waals surface area (Å²) in [7, 11) is 0. The number of carbonyl (C=O) groups excluding carboxylic acids is 1. The number of hydrogen-bond donors (Lipinski definition) is 3. The van der Waals surface area contributed by atoms with E-state index < -0.39 is 17.6 Å². The zero-order valence-corrected chi connectivity index (χ0v) is 11.0. The van der Waals surface area contributed by atoms with Crippen molar-refractivity contribution in [3.63, 3.8) is 0 Å². The Kier molecular flexibility index (Phi) is 4.07. The number of amides is 1. The van der Waals surface area contributed by atoms with Crippen LogP contribution < -0.4 is 10.1 Å². The number of hydrogen-bond acceptors (Lipinski definition) is 6. The molecule has 3 N–H and O–H groups in total. The van der Waals surface area contributed by atoms with Crippen LogP contribution in [-0.2, 0) is 4.79 Å². The first-order chi connectivity index (χ1) is 9.97. The van der Waals surface area contributed by atoms with E-state index in [1.807, 2.05) is 0 Å². The van der Waals surface area contributed by atoms with Crippen molar-refractivity contribution in [3.8, 4) is 11.6 Å². The van der Waals surface area contributed by atoms with E-state index in [1.165, 1.54) is 24.3 Å². The predicted octanol–water partition coefficient (Wildman–Crippen LogP) is 1.40. The normalized spacial score (nSPS) is 10.1. The lowest BCUT2D eigenvalue weighted by Crippen LogP contribution is -2.20. The number of aromatic nitrogens is 1. The number of rotatable bonds is 5. The second-order valence-electron chi connectivity index (χ2n) is 4.12. The maximum Gasteiger partial charge on any atom is 0.339 e. The lowest BCUT2D eigenvalue weighted by atomic mass is 10.1. The van der Waals surface area contributed by atoms with Crippen molar-refractivity contribution in [2.45, 2.75) is 6.92 Å². The van der Waals surface area contributed by atoms with Crippen molar-refractivity contribution in [3.05, 3.63) is 35.6 Å². The minimum Gasteiger partial charge on any atom is -0.505 e. The van der Waals surface area contributed by atoms with Crippen molar-refractivity contribution in [1.82, 2.24) is 5.16 Å². The Labute approximate surface area is 118 Å². The van der Waals surface area contributed by atoms with E-state index in [4.69, 9.17) is 14.4 Å². The second kappa shape index (κ2) is 5.95. The zero-order chi connectivity index (χ0) is 15.4. The van der Waals surface area contributed by atoms with E-state index in [0.29, 0.717) is 5.76 Å². The summed E-state index contributed by atoms with van der Waals surface area (Å²) < 4.78 is 9.83. The van der Waals surface area contributed by atoms with E-state index in [9.17, 15) is 14.7 Å². The Balaban J connectivity index is 1.99. The quantitative estimate of drug-likeness (QED) is 0.712. The lowest BCUT2D eigenvalue weighted by Gasteiger charge is -2.09. The molecule has 0 aliphatic carbocycles. The molecule has 0 saturated heterocycles. The molecule has 8 nitrogen and oxygen atoms in total. The first-order valence-electron chi connectivity index (χ1n) is 5.88. The van der Waals surface area contributed by atoms with Crippen molar-refractivity contribution in [1.29, 1.82) is 0 Å². The van der Waals surface area contributed by atoms with Crippen molar-refractivity contribution >= 4 is 17.6 Å². The number of phenols is 1. The maximum atomic E-state index is 11.7. The molecule has 110 valence electrons. The number of nitrogens with zero attached hydrogens (tertiary/aromatic N) is 1.